The highest BCUT2D eigenvalue weighted by Crippen LogP contribution is 2.16. The van der Waals surface area contributed by atoms with Crippen molar-refractivity contribution in [3.8, 4) is 0 Å². The maximum Gasteiger partial charge on any atom is 0.255 e. The lowest BCUT2D eigenvalue weighted by Crippen LogP contribution is -2.53. The van der Waals surface area contributed by atoms with E-state index in [9.17, 15) is 9.18 Å². The van der Waals surface area contributed by atoms with Gasteiger partial charge < -0.3 is 16.3 Å². The smallest absolute Gasteiger partial charge is 0.255 e. The van der Waals surface area contributed by atoms with Crippen molar-refractivity contribution >= 4 is 27.7 Å². The SMILES string of the molecule is CC(C)(NC(=O)c1ccc(Br)cc1F)/C(N)=N/O. The van der Waals surface area contributed by atoms with Gasteiger partial charge in [-0.15, -0.1) is 0 Å². The molecule has 0 saturated carbocycles. The Balaban J connectivity index is 2.96. The first kappa shape index (κ1) is 14.4. The molecule has 0 aliphatic carbocycles. The number of amidine groups is 1. The largest absolute Gasteiger partial charge is 0.409 e. The van der Waals surface area contributed by atoms with Gasteiger partial charge in [0.15, 0.2) is 5.84 Å². The van der Waals surface area contributed by atoms with Crippen LogP contribution >= 0.6 is 15.9 Å². The van der Waals surface area contributed by atoms with Gasteiger partial charge in [0, 0.05) is 4.47 Å². The number of hydrogen-bond donors (Lipinski definition) is 3. The van der Waals surface area contributed by atoms with Crippen molar-refractivity contribution in [1.29, 1.82) is 0 Å². The van der Waals surface area contributed by atoms with E-state index in [1.165, 1.54) is 26.0 Å². The highest BCUT2D eigenvalue weighted by molar-refractivity contribution is 9.10. The van der Waals surface area contributed by atoms with Crippen molar-refractivity contribution in [1.82, 2.24) is 5.32 Å². The number of carbonyl (C=O) groups is 1. The number of amides is 1. The van der Waals surface area contributed by atoms with Gasteiger partial charge in [-0.05, 0) is 32.0 Å². The molecule has 0 atom stereocenters. The number of nitrogens with one attached hydrogen (secondary N) is 1. The van der Waals surface area contributed by atoms with Crippen LogP contribution in [-0.2, 0) is 0 Å². The number of nitrogens with zero attached hydrogens (tertiary/aromatic N) is 1. The van der Waals surface area contributed by atoms with Gasteiger partial charge in [-0.1, -0.05) is 21.1 Å². The Labute approximate surface area is 112 Å². The van der Waals surface area contributed by atoms with E-state index in [0.29, 0.717) is 4.47 Å². The third-order valence-electron chi connectivity index (χ3n) is 2.35. The van der Waals surface area contributed by atoms with Gasteiger partial charge in [-0.3, -0.25) is 4.79 Å². The lowest BCUT2D eigenvalue weighted by molar-refractivity contribution is 0.0926. The standard InChI is InChI=1S/C11H13BrFN3O2/c1-11(2,10(14)16-18)15-9(17)7-4-3-6(12)5-8(7)13/h3-5,18H,1-2H3,(H2,14,16)(H,15,17). The Morgan fingerprint density at radius 3 is 2.67 bits per heavy atom. The van der Waals surface area contributed by atoms with Crippen LogP contribution in [0.2, 0.25) is 0 Å². The van der Waals surface area contributed by atoms with Crippen LogP contribution in [0.25, 0.3) is 0 Å². The zero-order chi connectivity index (χ0) is 13.9. The molecule has 1 aromatic rings. The summed E-state index contributed by atoms with van der Waals surface area (Å²) in [6.45, 7) is 3.08. The van der Waals surface area contributed by atoms with Crippen LogP contribution in [0.5, 0.6) is 0 Å². The fraction of sp³-hybridized carbons (Fsp3) is 0.273. The van der Waals surface area contributed by atoms with E-state index in [1.807, 2.05) is 0 Å². The number of hydrogen-bond acceptors (Lipinski definition) is 3. The van der Waals surface area contributed by atoms with Crippen molar-refractivity contribution in [2.24, 2.45) is 10.9 Å². The fourth-order valence-corrected chi connectivity index (χ4v) is 1.55. The molecule has 0 radical (unpaired) electrons. The second kappa shape index (κ2) is 5.34. The van der Waals surface area contributed by atoms with E-state index in [1.54, 1.807) is 6.07 Å². The molecule has 98 valence electrons. The van der Waals surface area contributed by atoms with E-state index in [0.717, 1.165) is 0 Å². The quantitative estimate of drug-likeness (QED) is 0.344. The van der Waals surface area contributed by atoms with Gasteiger partial charge in [0.25, 0.3) is 5.91 Å². The predicted molar refractivity (Wildman–Crippen MR) is 69.1 cm³/mol. The van der Waals surface area contributed by atoms with Crippen LogP contribution in [-0.4, -0.2) is 22.5 Å². The highest BCUT2D eigenvalue weighted by atomic mass is 79.9. The molecule has 1 amide bonds. The van der Waals surface area contributed by atoms with E-state index in [2.05, 4.69) is 26.4 Å². The maximum absolute atomic E-state index is 13.6. The van der Waals surface area contributed by atoms with E-state index in [4.69, 9.17) is 10.9 Å². The summed E-state index contributed by atoms with van der Waals surface area (Å²) in [5, 5.41) is 13.9. The molecular formula is C11H13BrFN3O2. The number of carbonyl (C=O) groups excluding carboxylic acids is 1. The first-order valence-corrected chi connectivity index (χ1v) is 5.83. The van der Waals surface area contributed by atoms with E-state index >= 15 is 0 Å². The molecule has 0 fully saturated rings. The molecule has 0 aromatic heterocycles. The molecule has 0 aliphatic heterocycles. The zero-order valence-corrected chi connectivity index (χ0v) is 11.5. The Kier molecular flexibility index (Phi) is 4.28. The molecular weight excluding hydrogens is 305 g/mol. The van der Waals surface area contributed by atoms with Crippen LogP contribution in [0.1, 0.15) is 24.2 Å². The minimum Gasteiger partial charge on any atom is -0.409 e. The van der Waals surface area contributed by atoms with Crippen LogP contribution < -0.4 is 11.1 Å². The molecule has 0 spiro atoms. The van der Waals surface area contributed by atoms with E-state index < -0.39 is 17.3 Å². The molecule has 0 bridgehead atoms. The molecule has 0 heterocycles. The van der Waals surface area contributed by atoms with Crippen molar-refractivity contribution < 1.29 is 14.4 Å². The van der Waals surface area contributed by atoms with Gasteiger partial charge in [-0.2, -0.15) is 0 Å². The van der Waals surface area contributed by atoms with Crippen LogP contribution in [0.3, 0.4) is 0 Å². The third kappa shape index (κ3) is 3.19. The maximum atomic E-state index is 13.6. The van der Waals surface area contributed by atoms with Crippen molar-refractivity contribution in [2.45, 2.75) is 19.4 Å². The van der Waals surface area contributed by atoms with Crippen LogP contribution in [0, 0.1) is 5.82 Å². The van der Waals surface area contributed by atoms with E-state index in [-0.39, 0.29) is 11.4 Å². The first-order valence-electron chi connectivity index (χ1n) is 5.03. The summed E-state index contributed by atoms with van der Waals surface area (Å²) >= 11 is 3.10. The Morgan fingerprint density at radius 2 is 2.17 bits per heavy atom. The predicted octanol–water partition coefficient (Wildman–Crippen LogP) is 1.84. The van der Waals surface area contributed by atoms with Gasteiger partial charge in [0.2, 0.25) is 0 Å². The molecule has 1 aromatic carbocycles. The average Bonchev–Trinajstić information content (AvgIpc) is 2.26. The lowest BCUT2D eigenvalue weighted by atomic mass is 10.0. The summed E-state index contributed by atoms with van der Waals surface area (Å²) in [4.78, 5) is 11.9. The summed E-state index contributed by atoms with van der Waals surface area (Å²) in [5.41, 5.74) is 4.23. The number of nitrogens with two attached hydrogens (primary N) is 1. The molecule has 0 unspecified atom stereocenters. The Bertz CT molecular complexity index is 503. The minimum atomic E-state index is -1.08. The number of rotatable bonds is 3. The second-order valence-electron chi connectivity index (χ2n) is 4.19. The number of halogens is 2. The summed E-state index contributed by atoms with van der Waals surface area (Å²) in [6.07, 6.45) is 0. The molecule has 7 heteroatoms. The molecule has 0 aliphatic rings. The Hall–Kier alpha value is -1.63. The van der Waals surface area contributed by atoms with Gasteiger partial charge in [-0.25, -0.2) is 4.39 Å². The summed E-state index contributed by atoms with van der Waals surface area (Å²) < 4.78 is 14.1. The van der Waals surface area contributed by atoms with Gasteiger partial charge in [0.05, 0.1) is 11.1 Å². The van der Waals surface area contributed by atoms with Gasteiger partial charge in [0.1, 0.15) is 5.82 Å². The average molecular weight is 318 g/mol. The topological polar surface area (TPSA) is 87.7 Å². The van der Waals surface area contributed by atoms with Crippen molar-refractivity contribution in [2.75, 3.05) is 0 Å². The number of oxime groups is 1. The second-order valence-corrected chi connectivity index (χ2v) is 5.10. The monoisotopic (exact) mass is 317 g/mol. The number of benzene rings is 1. The fourth-order valence-electron chi connectivity index (χ4n) is 1.21. The molecule has 5 nitrogen and oxygen atoms in total. The van der Waals surface area contributed by atoms with Crippen LogP contribution in [0.15, 0.2) is 27.8 Å². The third-order valence-corrected chi connectivity index (χ3v) is 2.84. The van der Waals surface area contributed by atoms with Crippen molar-refractivity contribution in [3.63, 3.8) is 0 Å². The summed E-state index contributed by atoms with van der Waals surface area (Å²) in [7, 11) is 0. The molecule has 18 heavy (non-hydrogen) atoms. The normalized spacial score (nSPS) is 12.3. The molecule has 0 saturated heterocycles. The van der Waals surface area contributed by atoms with Crippen LogP contribution in [0.4, 0.5) is 4.39 Å². The van der Waals surface area contributed by atoms with Crippen molar-refractivity contribution in [3.05, 3.63) is 34.1 Å². The highest BCUT2D eigenvalue weighted by Gasteiger charge is 2.27. The summed E-state index contributed by atoms with van der Waals surface area (Å²) in [6, 6.07) is 4.08. The minimum absolute atomic E-state index is 0.114. The lowest BCUT2D eigenvalue weighted by Gasteiger charge is -2.24. The zero-order valence-electron chi connectivity index (χ0n) is 9.87. The van der Waals surface area contributed by atoms with Gasteiger partial charge >= 0.3 is 0 Å². The summed E-state index contributed by atoms with van der Waals surface area (Å²) in [5.74, 6) is -1.47. The Morgan fingerprint density at radius 1 is 1.56 bits per heavy atom. The first-order chi connectivity index (χ1) is 8.27. The molecule has 4 N–H and O–H groups in total. The molecule has 1 rings (SSSR count).